The highest BCUT2D eigenvalue weighted by Gasteiger charge is 2.25. The van der Waals surface area contributed by atoms with Crippen LogP contribution in [0.1, 0.15) is 19.8 Å². The Hall–Kier alpha value is -0.640. The molecule has 5 nitrogen and oxygen atoms in total. The van der Waals surface area contributed by atoms with Gasteiger partial charge in [-0.25, -0.2) is 13.1 Å². The smallest absolute Gasteiger partial charge is 0.225 e. The zero-order valence-electron chi connectivity index (χ0n) is 8.06. The average Bonchev–Trinajstić information content (AvgIpc) is 2.53. The van der Waals surface area contributed by atoms with Crippen LogP contribution in [0, 0.1) is 11.3 Å². The van der Waals surface area contributed by atoms with Gasteiger partial charge in [-0.15, -0.1) is 0 Å². The van der Waals surface area contributed by atoms with Gasteiger partial charge in [-0.2, -0.15) is 5.26 Å². The number of hydrogen-bond acceptors (Lipinski definition) is 4. The Balaban J connectivity index is 2.47. The number of ether oxygens (including phenoxy) is 1. The molecule has 1 rings (SSSR count). The van der Waals surface area contributed by atoms with E-state index in [4.69, 9.17) is 10.00 Å². The van der Waals surface area contributed by atoms with Crippen molar-refractivity contribution in [1.29, 1.82) is 5.26 Å². The Morgan fingerprint density at radius 3 is 2.93 bits per heavy atom. The van der Waals surface area contributed by atoms with Gasteiger partial charge in [0.25, 0.3) is 0 Å². The van der Waals surface area contributed by atoms with Crippen molar-refractivity contribution in [3.63, 3.8) is 0 Å². The largest absolute Gasteiger partial charge is 0.377 e. The molecule has 80 valence electrons. The SMILES string of the molecule is CC(NS(=O)(=O)CC#N)C1CCCO1. The quantitative estimate of drug-likeness (QED) is 0.720. The molecule has 0 spiro atoms. The Kier molecular flexibility index (Phi) is 3.86. The van der Waals surface area contributed by atoms with E-state index < -0.39 is 15.8 Å². The second-order valence-corrected chi connectivity index (χ2v) is 5.13. The number of nitriles is 1. The molecule has 1 aliphatic heterocycles. The first-order valence-electron chi connectivity index (χ1n) is 4.54. The molecule has 0 bridgehead atoms. The summed E-state index contributed by atoms with van der Waals surface area (Å²) in [6.07, 6.45) is 1.79. The van der Waals surface area contributed by atoms with Crippen molar-refractivity contribution < 1.29 is 13.2 Å². The lowest BCUT2D eigenvalue weighted by molar-refractivity contribution is 0.0902. The van der Waals surface area contributed by atoms with Gasteiger partial charge in [-0.3, -0.25) is 0 Å². The number of nitrogens with zero attached hydrogens (tertiary/aromatic N) is 1. The van der Waals surface area contributed by atoms with Crippen LogP contribution in [0.25, 0.3) is 0 Å². The minimum atomic E-state index is -3.46. The molecule has 0 aromatic heterocycles. The van der Waals surface area contributed by atoms with Crippen LogP contribution in [0.4, 0.5) is 0 Å². The highest BCUT2D eigenvalue weighted by Crippen LogP contribution is 2.15. The molecule has 0 aliphatic carbocycles. The third-order valence-corrected chi connectivity index (χ3v) is 3.38. The molecule has 1 aliphatic rings. The van der Waals surface area contributed by atoms with Crippen molar-refractivity contribution in [1.82, 2.24) is 4.72 Å². The van der Waals surface area contributed by atoms with Crippen molar-refractivity contribution in [3.8, 4) is 6.07 Å². The van der Waals surface area contributed by atoms with Crippen molar-refractivity contribution >= 4 is 10.0 Å². The summed E-state index contributed by atoms with van der Waals surface area (Å²) in [7, 11) is -3.46. The molecule has 0 radical (unpaired) electrons. The van der Waals surface area contributed by atoms with E-state index in [-0.39, 0.29) is 12.1 Å². The second kappa shape index (κ2) is 4.73. The van der Waals surface area contributed by atoms with E-state index in [0.717, 1.165) is 12.8 Å². The van der Waals surface area contributed by atoms with Gasteiger partial charge < -0.3 is 4.74 Å². The summed E-state index contributed by atoms with van der Waals surface area (Å²) in [5.41, 5.74) is 0. The topological polar surface area (TPSA) is 79.2 Å². The van der Waals surface area contributed by atoms with E-state index in [1.54, 1.807) is 13.0 Å². The lowest BCUT2D eigenvalue weighted by atomic mass is 10.1. The number of sulfonamides is 1. The molecule has 2 atom stereocenters. The molecule has 0 aromatic rings. The molecular weight excluding hydrogens is 204 g/mol. The van der Waals surface area contributed by atoms with Gasteiger partial charge in [0.2, 0.25) is 10.0 Å². The molecule has 1 fully saturated rings. The van der Waals surface area contributed by atoms with Gasteiger partial charge in [0.05, 0.1) is 12.2 Å². The molecule has 1 heterocycles. The van der Waals surface area contributed by atoms with Crippen LogP contribution in [-0.2, 0) is 14.8 Å². The molecular formula is C8H14N2O3S. The summed E-state index contributed by atoms with van der Waals surface area (Å²) in [4.78, 5) is 0. The Morgan fingerprint density at radius 2 is 2.43 bits per heavy atom. The van der Waals surface area contributed by atoms with Crippen molar-refractivity contribution in [3.05, 3.63) is 0 Å². The van der Waals surface area contributed by atoms with Crippen LogP contribution in [0.3, 0.4) is 0 Å². The third kappa shape index (κ3) is 3.25. The fraction of sp³-hybridized carbons (Fsp3) is 0.875. The highest BCUT2D eigenvalue weighted by molar-refractivity contribution is 7.89. The van der Waals surface area contributed by atoms with Gasteiger partial charge in [0.15, 0.2) is 5.75 Å². The first-order chi connectivity index (χ1) is 6.55. The fourth-order valence-corrected chi connectivity index (χ4v) is 2.45. The van der Waals surface area contributed by atoms with Crippen molar-refractivity contribution in [2.45, 2.75) is 31.9 Å². The summed E-state index contributed by atoms with van der Waals surface area (Å²) >= 11 is 0. The van der Waals surface area contributed by atoms with Crippen LogP contribution in [0.5, 0.6) is 0 Å². The number of rotatable bonds is 4. The normalized spacial score (nSPS) is 24.4. The van der Waals surface area contributed by atoms with E-state index in [2.05, 4.69) is 4.72 Å². The first kappa shape index (κ1) is 11.4. The zero-order valence-corrected chi connectivity index (χ0v) is 8.88. The maximum atomic E-state index is 11.2. The lowest BCUT2D eigenvalue weighted by Crippen LogP contribution is -2.41. The standard InChI is InChI=1S/C8H14N2O3S/c1-7(8-3-2-5-13-8)10-14(11,12)6-4-9/h7-8,10H,2-3,5-6H2,1H3. The van der Waals surface area contributed by atoms with Crippen LogP contribution in [0.2, 0.25) is 0 Å². The summed E-state index contributed by atoms with van der Waals surface area (Å²) in [6, 6.07) is 1.36. The fourth-order valence-electron chi connectivity index (χ4n) is 1.48. The van der Waals surface area contributed by atoms with Gasteiger partial charge >= 0.3 is 0 Å². The summed E-state index contributed by atoms with van der Waals surface area (Å²) in [6.45, 7) is 2.44. The van der Waals surface area contributed by atoms with Crippen LogP contribution < -0.4 is 4.72 Å². The Labute approximate surface area is 84.1 Å². The number of nitrogens with one attached hydrogen (secondary N) is 1. The first-order valence-corrected chi connectivity index (χ1v) is 6.19. The molecule has 0 amide bonds. The maximum Gasteiger partial charge on any atom is 0.225 e. The minimum Gasteiger partial charge on any atom is -0.377 e. The maximum absolute atomic E-state index is 11.2. The van der Waals surface area contributed by atoms with E-state index >= 15 is 0 Å². The molecule has 6 heteroatoms. The van der Waals surface area contributed by atoms with Crippen LogP contribution in [-0.4, -0.2) is 32.9 Å². The Bertz CT molecular complexity index is 314. The van der Waals surface area contributed by atoms with Crippen LogP contribution >= 0.6 is 0 Å². The van der Waals surface area contributed by atoms with Gasteiger partial charge in [-0.1, -0.05) is 0 Å². The van der Waals surface area contributed by atoms with E-state index in [1.165, 1.54) is 0 Å². The molecule has 1 N–H and O–H groups in total. The molecule has 1 saturated heterocycles. The predicted octanol–water partition coefficient (Wildman–Crippen LogP) is -0.00312. The van der Waals surface area contributed by atoms with E-state index in [1.807, 2.05) is 0 Å². The van der Waals surface area contributed by atoms with Crippen molar-refractivity contribution in [2.75, 3.05) is 12.4 Å². The molecule has 0 saturated carbocycles. The summed E-state index contributed by atoms with van der Waals surface area (Å²) in [5.74, 6) is -0.496. The van der Waals surface area contributed by atoms with Gasteiger partial charge in [0.1, 0.15) is 0 Å². The van der Waals surface area contributed by atoms with Crippen molar-refractivity contribution in [2.24, 2.45) is 0 Å². The molecule has 0 aromatic carbocycles. The van der Waals surface area contributed by atoms with E-state index in [0.29, 0.717) is 6.61 Å². The minimum absolute atomic E-state index is 0.0523. The Morgan fingerprint density at radius 1 is 1.71 bits per heavy atom. The monoisotopic (exact) mass is 218 g/mol. The summed E-state index contributed by atoms with van der Waals surface area (Å²) < 4.78 is 30.2. The van der Waals surface area contributed by atoms with E-state index in [9.17, 15) is 8.42 Å². The van der Waals surface area contributed by atoms with Crippen LogP contribution in [0.15, 0.2) is 0 Å². The molecule has 14 heavy (non-hydrogen) atoms. The average molecular weight is 218 g/mol. The predicted molar refractivity (Wildman–Crippen MR) is 51.0 cm³/mol. The molecule has 2 unspecified atom stereocenters. The summed E-state index contributed by atoms with van der Waals surface area (Å²) in [5, 5.41) is 8.28. The lowest BCUT2D eigenvalue weighted by Gasteiger charge is -2.18. The zero-order chi connectivity index (χ0) is 10.6. The number of hydrogen-bond donors (Lipinski definition) is 1. The highest BCUT2D eigenvalue weighted by atomic mass is 32.2. The van der Waals surface area contributed by atoms with Gasteiger partial charge in [-0.05, 0) is 19.8 Å². The van der Waals surface area contributed by atoms with Gasteiger partial charge in [0, 0.05) is 12.6 Å². The third-order valence-electron chi connectivity index (χ3n) is 2.14. The second-order valence-electron chi connectivity index (χ2n) is 3.38.